The summed E-state index contributed by atoms with van der Waals surface area (Å²) in [4.78, 5) is 0. The van der Waals surface area contributed by atoms with E-state index in [-0.39, 0.29) is 23.7 Å². The van der Waals surface area contributed by atoms with Crippen LogP contribution in [0.4, 0.5) is 4.39 Å². The van der Waals surface area contributed by atoms with Gasteiger partial charge in [0.25, 0.3) is 0 Å². The van der Waals surface area contributed by atoms with Gasteiger partial charge in [0.05, 0.1) is 6.61 Å². The van der Waals surface area contributed by atoms with Crippen LogP contribution in [0.25, 0.3) is 0 Å². The fraction of sp³-hybridized carbons (Fsp3) is 0.538. The second-order valence-corrected chi connectivity index (χ2v) is 4.44. The van der Waals surface area contributed by atoms with Crippen LogP contribution in [0.5, 0.6) is 5.75 Å². The van der Waals surface area contributed by atoms with Crippen LogP contribution in [0.2, 0.25) is 0 Å². The fourth-order valence-electron chi connectivity index (χ4n) is 1.88. The van der Waals surface area contributed by atoms with Crippen molar-refractivity contribution in [1.82, 2.24) is 0 Å². The Hall–Kier alpha value is -1.13. The van der Waals surface area contributed by atoms with Gasteiger partial charge < -0.3 is 15.2 Å². The second-order valence-electron chi connectivity index (χ2n) is 4.44. The van der Waals surface area contributed by atoms with Crippen molar-refractivity contribution in [2.24, 2.45) is 5.73 Å². The third-order valence-electron chi connectivity index (χ3n) is 2.89. The predicted molar refractivity (Wildman–Crippen MR) is 63.5 cm³/mol. The van der Waals surface area contributed by atoms with E-state index < -0.39 is 0 Å². The topological polar surface area (TPSA) is 44.5 Å². The largest absolute Gasteiger partial charge is 0.485 e. The molecule has 1 aliphatic rings. The number of hydrogen-bond donors (Lipinski definition) is 1. The van der Waals surface area contributed by atoms with Crippen LogP contribution >= 0.6 is 0 Å². The average molecular weight is 239 g/mol. The number of rotatable bonds is 3. The van der Waals surface area contributed by atoms with E-state index in [1.165, 1.54) is 6.07 Å². The molecule has 0 amide bonds. The minimum Gasteiger partial charge on any atom is -0.485 e. The first-order chi connectivity index (χ1) is 8.16. The summed E-state index contributed by atoms with van der Waals surface area (Å²) in [7, 11) is 0. The zero-order chi connectivity index (χ0) is 12.3. The molecule has 1 saturated heterocycles. The first kappa shape index (κ1) is 12.3. The molecule has 2 atom stereocenters. The molecule has 1 unspecified atom stereocenters. The Labute approximate surface area is 101 Å². The average Bonchev–Trinajstić information content (AvgIpc) is 2.33. The lowest BCUT2D eigenvalue weighted by atomic mass is 10.1. The molecular weight excluding hydrogens is 221 g/mol. The molecule has 0 spiro atoms. The molecule has 2 N–H and O–H groups in total. The quantitative estimate of drug-likeness (QED) is 0.881. The van der Waals surface area contributed by atoms with Crippen molar-refractivity contribution in [3.05, 3.63) is 29.6 Å². The van der Waals surface area contributed by atoms with E-state index in [9.17, 15) is 4.39 Å². The zero-order valence-electron chi connectivity index (χ0n) is 9.99. The summed E-state index contributed by atoms with van der Waals surface area (Å²) in [5.74, 6) is -0.0738. The highest BCUT2D eigenvalue weighted by Crippen LogP contribution is 2.23. The van der Waals surface area contributed by atoms with Crippen LogP contribution in [0.1, 0.15) is 31.4 Å². The summed E-state index contributed by atoms with van der Waals surface area (Å²) < 4.78 is 24.6. The van der Waals surface area contributed by atoms with E-state index in [1.54, 1.807) is 12.1 Å². The summed E-state index contributed by atoms with van der Waals surface area (Å²) in [6.45, 7) is 3.13. The maximum absolute atomic E-state index is 13.7. The third-order valence-corrected chi connectivity index (χ3v) is 2.89. The standard InChI is InChI=1S/C13H18FNO2/c1-9(15)10-4-5-13(12(14)7-10)17-11-3-2-6-16-8-11/h4-5,7,9,11H,2-3,6,8,15H2,1H3/t9-,11?/m0/s1. The summed E-state index contributed by atoms with van der Waals surface area (Å²) in [5.41, 5.74) is 6.46. The molecule has 17 heavy (non-hydrogen) atoms. The van der Waals surface area contributed by atoms with Crippen LogP contribution in [-0.4, -0.2) is 19.3 Å². The molecule has 1 aromatic carbocycles. The lowest BCUT2D eigenvalue weighted by molar-refractivity contribution is 0.00586. The van der Waals surface area contributed by atoms with Gasteiger partial charge in [0.2, 0.25) is 0 Å². The molecular formula is C13H18FNO2. The van der Waals surface area contributed by atoms with E-state index in [2.05, 4.69) is 0 Å². The van der Waals surface area contributed by atoms with Crippen LogP contribution in [0.3, 0.4) is 0 Å². The van der Waals surface area contributed by atoms with E-state index >= 15 is 0 Å². The van der Waals surface area contributed by atoms with Gasteiger partial charge in [-0.15, -0.1) is 0 Å². The normalized spacial score (nSPS) is 22.2. The summed E-state index contributed by atoms with van der Waals surface area (Å²) >= 11 is 0. The molecule has 1 fully saturated rings. The van der Waals surface area contributed by atoms with Gasteiger partial charge in [-0.2, -0.15) is 0 Å². The monoisotopic (exact) mass is 239 g/mol. The third kappa shape index (κ3) is 3.17. The van der Waals surface area contributed by atoms with Crippen molar-refractivity contribution in [2.45, 2.75) is 31.9 Å². The second kappa shape index (κ2) is 5.47. The molecule has 94 valence electrons. The summed E-state index contributed by atoms with van der Waals surface area (Å²) in [6.07, 6.45) is 1.83. The Kier molecular flexibility index (Phi) is 3.97. The van der Waals surface area contributed by atoms with Crippen LogP contribution in [-0.2, 0) is 4.74 Å². The number of benzene rings is 1. The highest BCUT2D eigenvalue weighted by atomic mass is 19.1. The molecule has 4 heteroatoms. The van der Waals surface area contributed by atoms with Gasteiger partial charge in [0.1, 0.15) is 6.10 Å². The highest BCUT2D eigenvalue weighted by molar-refractivity contribution is 5.30. The van der Waals surface area contributed by atoms with Gasteiger partial charge in [-0.05, 0) is 37.5 Å². The molecule has 0 aliphatic carbocycles. The van der Waals surface area contributed by atoms with Crippen molar-refractivity contribution >= 4 is 0 Å². The van der Waals surface area contributed by atoms with Gasteiger partial charge in [0, 0.05) is 12.6 Å². The van der Waals surface area contributed by atoms with E-state index in [1.807, 2.05) is 6.92 Å². The smallest absolute Gasteiger partial charge is 0.165 e. The SMILES string of the molecule is C[C@H](N)c1ccc(OC2CCCOC2)c(F)c1. The maximum atomic E-state index is 13.7. The Morgan fingerprint density at radius 1 is 1.53 bits per heavy atom. The maximum Gasteiger partial charge on any atom is 0.165 e. The number of halogens is 1. The number of hydrogen-bond acceptors (Lipinski definition) is 3. The fourth-order valence-corrected chi connectivity index (χ4v) is 1.88. The van der Waals surface area contributed by atoms with Crippen molar-refractivity contribution in [2.75, 3.05) is 13.2 Å². The van der Waals surface area contributed by atoms with Gasteiger partial charge in [-0.1, -0.05) is 6.07 Å². The molecule has 0 saturated carbocycles. The first-order valence-corrected chi connectivity index (χ1v) is 5.96. The lowest BCUT2D eigenvalue weighted by Crippen LogP contribution is -2.28. The van der Waals surface area contributed by atoms with Crippen molar-refractivity contribution in [3.8, 4) is 5.75 Å². The van der Waals surface area contributed by atoms with Gasteiger partial charge >= 0.3 is 0 Å². The minimum atomic E-state index is -0.356. The van der Waals surface area contributed by atoms with Crippen molar-refractivity contribution in [3.63, 3.8) is 0 Å². The van der Waals surface area contributed by atoms with Crippen molar-refractivity contribution < 1.29 is 13.9 Å². The molecule has 3 nitrogen and oxygen atoms in total. The first-order valence-electron chi connectivity index (χ1n) is 5.96. The highest BCUT2D eigenvalue weighted by Gasteiger charge is 2.17. The molecule has 0 radical (unpaired) electrons. The van der Waals surface area contributed by atoms with E-state index in [0.717, 1.165) is 25.0 Å². The van der Waals surface area contributed by atoms with Crippen LogP contribution in [0, 0.1) is 5.82 Å². The van der Waals surface area contributed by atoms with Crippen LogP contribution < -0.4 is 10.5 Å². The van der Waals surface area contributed by atoms with E-state index in [4.69, 9.17) is 15.2 Å². The Bertz CT molecular complexity index is 376. The zero-order valence-corrected chi connectivity index (χ0v) is 9.99. The molecule has 2 rings (SSSR count). The molecule has 0 aromatic heterocycles. The van der Waals surface area contributed by atoms with Gasteiger partial charge in [0.15, 0.2) is 11.6 Å². The Balaban J connectivity index is 2.05. The summed E-state index contributed by atoms with van der Waals surface area (Å²) in [5, 5.41) is 0. The van der Waals surface area contributed by atoms with E-state index in [0.29, 0.717) is 6.61 Å². The van der Waals surface area contributed by atoms with Crippen molar-refractivity contribution in [1.29, 1.82) is 0 Å². The minimum absolute atomic E-state index is 0.0422. The predicted octanol–water partition coefficient (Wildman–Crippen LogP) is 2.40. The van der Waals surface area contributed by atoms with Crippen LogP contribution in [0.15, 0.2) is 18.2 Å². The number of nitrogens with two attached hydrogens (primary N) is 1. The molecule has 1 aromatic rings. The number of ether oxygens (including phenoxy) is 2. The van der Waals surface area contributed by atoms with Gasteiger partial charge in [-0.3, -0.25) is 0 Å². The lowest BCUT2D eigenvalue weighted by Gasteiger charge is -2.23. The molecule has 1 aliphatic heterocycles. The summed E-state index contributed by atoms with van der Waals surface area (Å²) in [6, 6.07) is 4.70. The molecule has 0 bridgehead atoms. The Morgan fingerprint density at radius 3 is 2.94 bits per heavy atom. The van der Waals surface area contributed by atoms with Gasteiger partial charge in [-0.25, -0.2) is 4.39 Å². The Morgan fingerprint density at radius 2 is 2.35 bits per heavy atom. The molecule has 1 heterocycles.